The molecule has 1 fully saturated rings. The summed E-state index contributed by atoms with van der Waals surface area (Å²) >= 11 is 0. The minimum Gasteiger partial charge on any atom is -0.493 e. The lowest BCUT2D eigenvalue weighted by Gasteiger charge is -2.24. The molecule has 1 saturated heterocycles. The van der Waals surface area contributed by atoms with Crippen LogP contribution < -0.4 is 20.1 Å². The van der Waals surface area contributed by atoms with E-state index in [0.717, 1.165) is 5.56 Å². The van der Waals surface area contributed by atoms with Crippen molar-refractivity contribution in [1.82, 2.24) is 4.31 Å². The molecule has 33 heavy (non-hydrogen) atoms. The van der Waals surface area contributed by atoms with E-state index in [0.29, 0.717) is 42.1 Å². The standard InChI is InChI=1S/C23H29N3O6S/c1-5-16-8-9-17(24-15(2)27)13-19(16)25-23(28)20-7-6-12-26(20)33(29,30)18-10-11-21(31-3)22(14-18)32-4/h8-11,13-14,20H,5-7,12H2,1-4H3,(H,24,27)(H,25,28). The van der Waals surface area contributed by atoms with Gasteiger partial charge in [0.25, 0.3) is 0 Å². The van der Waals surface area contributed by atoms with Crippen LogP contribution in [0.4, 0.5) is 11.4 Å². The average Bonchev–Trinajstić information content (AvgIpc) is 3.29. The summed E-state index contributed by atoms with van der Waals surface area (Å²) in [7, 11) is -1.04. The number of carbonyl (C=O) groups excluding carboxylic acids is 2. The SMILES string of the molecule is CCc1ccc(NC(C)=O)cc1NC(=O)C1CCCN1S(=O)(=O)c1ccc(OC)c(OC)c1. The Balaban J connectivity index is 1.87. The molecule has 2 amide bonds. The molecular weight excluding hydrogens is 446 g/mol. The Labute approximate surface area is 194 Å². The third-order valence-corrected chi connectivity index (χ3v) is 7.44. The molecule has 1 unspecified atom stereocenters. The van der Waals surface area contributed by atoms with Gasteiger partial charge in [-0.25, -0.2) is 8.42 Å². The van der Waals surface area contributed by atoms with Crippen LogP contribution in [0.5, 0.6) is 11.5 Å². The molecule has 1 aliphatic rings. The van der Waals surface area contributed by atoms with Crippen molar-refractivity contribution >= 4 is 33.2 Å². The molecular formula is C23H29N3O6S. The van der Waals surface area contributed by atoms with Crippen LogP contribution in [0.25, 0.3) is 0 Å². The fraction of sp³-hybridized carbons (Fsp3) is 0.391. The van der Waals surface area contributed by atoms with Gasteiger partial charge < -0.3 is 20.1 Å². The quantitative estimate of drug-likeness (QED) is 0.607. The molecule has 178 valence electrons. The Morgan fingerprint density at radius 2 is 1.79 bits per heavy atom. The first kappa shape index (κ1) is 24.5. The molecule has 1 aliphatic heterocycles. The Kier molecular flexibility index (Phi) is 7.60. The highest BCUT2D eigenvalue weighted by Crippen LogP contribution is 2.33. The predicted molar refractivity (Wildman–Crippen MR) is 125 cm³/mol. The fourth-order valence-corrected chi connectivity index (χ4v) is 5.57. The lowest BCUT2D eigenvalue weighted by molar-refractivity contribution is -0.119. The van der Waals surface area contributed by atoms with Gasteiger partial charge in [-0.2, -0.15) is 4.31 Å². The van der Waals surface area contributed by atoms with Crippen LogP contribution in [0.15, 0.2) is 41.3 Å². The van der Waals surface area contributed by atoms with Crippen LogP contribution in [-0.2, 0) is 26.0 Å². The van der Waals surface area contributed by atoms with Crippen LogP contribution in [0.1, 0.15) is 32.3 Å². The topological polar surface area (TPSA) is 114 Å². The van der Waals surface area contributed by atoms with Crippen LogP contribution in [0.2, 0.25) is 0 Å². The van der Waals surface area contributed by atoms with Crippen molar-refractivity contribution in [2.75, 3.05) is 31.4 Å². The van der Waals surface area contributed by atoms with Gasteiger partial charge in [0, 0.05) is 30.9 Å². The summed E-state index contributed by atoms with van der Waals surface area (Å²) in [6.45, 7) is 3.59. The number of nitrogens with one attached hydrogen (secondary N) is 2. The second-order valence-corrected chi connectivity index (χ2v) is 9.58. The van der Waals surface area contributed by atoms with Gasteiger partial charge >= 0.3 is 0 Å². The highest BCUT2D eigenvalue weighted by atomic mass is 32.2. The summed E-state index contributed by atoms with van der Waals surface area (Å²) in [5.74, 6) is 0.0743. The number of benzene rings is 2. The van der Waals surface area contributed by atoms with Crippen LogP contribution in [-0.4, -0.2) is 51.3 Å². The number of hydrogen-bond acceptors (Lipinski definition) is 6. The minimum atomic E-state index is -3.94. The van der Waals surface area contributed by atoms with Crippen molar-refractivity contribution < 1.29 is 27.5 Å². The maximum absolute atomic E-state index is 13.4. The molecule has 3 rings (SSSR count). The van der Waals surface area contributed by atoms with E-state index in [4.69, 9.17) is 9.47 Å². The van der Waals surface area contributed by atoms with Crippen LogP contribution in [0, 0.1) is 0 Å². The van der Waals surface area contributed by atoms with E-state index in [9.17, 15) is 18.0 Å². The summed E-state index contributed by atoms with van der Waals surface area (Å²) in [5.41, 5.74) is 1.98. The zero-order chi connectivity index (χ0) is 24.2. The number of hydrogen-bond donors (Lipinski definition) is 2. The van der Waals surface area contributed by atoms with E-state index >= 15 is 0 Å². The van der Waals surface area contributed by atoms with Crippen molar-refractivity contribution in [1.29, 1.82) is 0 Å². The highest BCUT2D eigenvalue weighted by molar-refractivity contribution is 7.89. The molecule has 10 heteroatoms. The smallest absolute Gasteiger partial charge is 0.243 e. The second kappa shape index (κ2) is 10.2. The monoisotopic (exact) mass is 475 g/mol. The lowest BCUT2D eigenvalue weighted by Crippen LogP contribution is -2.43. The number of amides is 2. The Morgan fingerprint density at radius 1 is 1.06 bits per heavy atom. The van der Waals surface area contributed by atoms with Crippen molar-refractivity contribution in [2.24, 2.45) is 0 Å². The van der Waals surface area contributed by atoms with E-state index < -0.39 is 22.0 Å². The van der Waals surface area contributed by atoms with Gasteiger partial charge in [-0.15, -0.1) is 0 Å². The summed E-state index contributed by atoms with van der Waals surface area (Å²) in [6.07, 6.45) is 1.64. The first-order chi connectivity index (χ1) is 15.7. The summed E-state index contributed by atoms with van der Waals surface area (Å²) < 4.78 is 38.4. The number of ether oxygens (including phenoxy) is 2. The summed E-state index contributed by atoms with van der Waals surface area (Å²) in [4.78, 5) is 24.6. The average molecular weight is 476 g/mol. The van der Waals surface area contributed by atoms with E-state index in [1.165, 1.54) is 43.6 Å². The van der Waals surface area contributed by atoms with Gasteiger partial charge in [0.15, 0.2) is 11.5 Å². The normalized spacial score (nSPS) is 16.3. The molecule has 0 aromatic heterocycles. The minimum absolute atomic E-state index is 0.0294. The maximum Gasteiger partial charge on any atom is 0.243 e. The third kappa shape index (κ3) is 5.28. The van der Waals surface area contributed by atoms with Gasteiger partial charge in [-0.3, -0.25) is 9.59 Å². The van der Waals surface area contributed by atoms with Gasteiger partial charge in [0.1, 0.15) is 6.04 Å². The predicted octanol–water partition coefficient (Wildman–Crippen LogP) is 3.02. The molecule has 1 heterocycles. The van der Waals surface area contributed by atoms with Gasteiger partial charge in [-0.1, -0.05) is 13.0 Å². The largest absolute Gasteiger partial charge is 0.493 e. The first-order valence-electron chi connectivity index (χ1n) is 10.7. The van der Waals surface area contributed by atoms with E-state index in [1.54, 1.807) is 12.1 Å². The molecule has 0 bridgehead atoms. The van der Waals surface area contributed by atoms with E-state index in [-0.39, 0.29) is 17.3 Å². The van der Waals surface area contributed by atoms with Crippen LogP contribution in [0.3, 0.4) is 0 Å². The molecule has 0 aliphatic carbocycles. The molecule has 9 nitrogen and oxygen atoms in total. The number of anilines is 2. The number of methoxy groups -OCH3 is 2. The molecule has 0 saturated carbocycles. The van der Waals surface area contributed by atoms with Crippen molar-refractivity contribution in [3.05, 3.63) is 42.0 Å². The molecule has 1 atom stereocenters. The van der Waals surface area contributed by atoms with E-state index in [2.05, 4.69) is 10.6 Å². The Bertz CT molecular complexity index is 1150. The van der Waals surface area contributed by atoms with Crippen LogP contribution >= 0.6 is 0 Å². The summed E-state index contributed by atoms with van der Waals surface area (Å²) in [5, 5.41) is 5.57. The zero-order valence-corrected chi connectivity index (χ0v) is 20.0. The fourth-order valence-electron chi connectivity index (χ4n) is 3.90. The number of sulfonamides is 1. The van der Waals surface area contributed by atoms with E-state index in [1.807, 2.05) is 13.0 Å². The maximum atomic E-state index is 13.4. The second-order valence-electron chi connectivity index (χ2n) is 7.69. The molecule has 2 aromatic rings. The third-order valence-electron chi connectivity index (χ3n) is 5.54. The van der Waals surface area contributed by atoms with Gasteiger partial charge in [0.05, 0.1) is 19.1 Å². The molecule has 2 N–H and O–H groups in total. The number of aryl methyl sites for hydroxylation is 1. The molecule has 0 radical (unpaired) electrons. The lowest BCUT2D eigenvalue weighted by atomic mass is 10.1. The Hall–Kier alpha value is -3.11. The summed E-state index contributed by atoms with van der Waals surface area (Å²) in [6, 6.07) is 8.78. The van der Waals surface area contributed by atoms with Crippen molar-refractivity contribution in [2.45, 2.75) is 44.0 Å². The van der Waals surface area contributed by atoms with Gasteiger partial charge in [0.2, 0.25) is 21.8 Å². The van der Waals surface area contributed by atoms with Crippen molar-refractivity contribution in [3.63, 3.8) is 0 Å². The zero-order valence-electron chi connectivity index (χ0n) is 19.2. The number of carbonyl (C=O) groups is 2. The molecule has 2 aromatic carbocycles. The van der Waals surface area contributed by atoms with Crippen molar-refractivity contribution in [3.8, 4) is 11.5 Å². The Morgan fingerprint density at radius 3 is 2.42 bits per heavy atom. The molecule has 0 spiro atoms. The first-order valence-corrected chi connectivity index (χ1v) is 12.1. The highest BCUT2D eigenvalue weighted by Gasteiger charge is 2.40. The van der Waals surface area contributed by atoms with Gasteiger partial charge in [-0.05, 0) is 49.1 Å². The number of rotatable bonds is 8. The number of nitrogens with zero attached hydrogens (tertiary/aromatic N) is 1.